The maximum Gasteiger partial charge on any atom is 0.234 e. The Bertz CT molecular complexity index is 578. The lowest BCUT2D eigenvalue weighted by Crippen LogP contribution is -2.36. The molecule has 1 N–H and O–H groups in total. The number of amides is 1. The largest absolute Gasteiger partial charge is 0.348 e. The fourth-order valence-electron chi connectivity index (χ4n) is 2.39. The minimum Gasteiger partial charge on any atom is -0.348 e. The number of hydrogen-bond donors (Lipinski definition) is 1. The smallest absolute Gasteiger partial charge is 0.234 e. The first-order valence-corrected chi connectivity index (χ1v) is 8.55. The second-order valence-electron chi connectivity index (χ2n) is 5.65. The summed E-state index contributed by atoms with van der Waals surface area (Å²) in [4.78, 5) is 15.3. The fraction of sp³-hybridized carbons (Fsp3) is 0.389. The van der Waals surface area contributed by atoms with Crippen molar-refractivity contribution in [1.82, 2.24) is 10.2 Å². The molecule has 1 aromatic carbocycles. The van der Waals surface area contributed by atoms with Crippen LogP contribution in [0.15, 0.2) is 41.8 Å². The molecule has 1 heterocycles. The molecule has 0 aliphatic carbocycles. The monoisotopic (exact) mass is 316 g/mol. The lowest BCUT2D eigenvalue weighted by molar-refractivity contribution is -0.122. The maximum absolute atomic E-state index is 12.1. The highest BCUT2D eigenvalue weighted by Crippen LogP contribution is 2.17. The van der Waals surface area contributed by atoms with Gasteiger partial charge in [-0.2, -0.15) is 0 Å². The van der Waals surface area contributed by atoms with Crippen molar-refractivity contribution in [3.05, 3.63) is 57.8 Å². The SMILES string of the molecule is CCc1ccc(CN(C)CC(=O)N[C@H](C)c2cccs2)cc1. The summed E-state index contributed by atoms with van der Waals surface area (Å²) in [6.07, 6.45) is 1.05. The van der Waals surface area contributed by atoms with Crippen LogP contribution < -0.4 is 5.32 Å². The van der Waals surface area contributed by atoms with Crippen LogP contribution in [0.4, 0.5) is 0 Å². The van der Waals surface area contributed by atoms with Gasteiger partial charge >= 0.3 is 0 Å². The number of rotatable bonds is 7. The van der Waals surface area contributed by atoms with Gasteiger partial charge in [-0.25, -0.2) is 0 Å². The first-order valence-electron chi connectivity index (χ1n) is 7.67. The van der Waals surface area contributed by atoms with Gasteiger partial charge in [0.05, 0.1) is 12.6 Å². The number of hydrogen-bond acceptors (Lipinski definition) is 3. The van der Waals surface area contributed by atoms with E-state index in [0.29, 0.717) is 6.54 Å². The highest BCUT2D eigenvalue weighted by Gasteiger charge is 2.12. The normalized spacial score (nSPS) is 12.4. The summed E-state index contributed by atoms with van der Waals surface area (Å²) in [7, 11) is 1.98. The molecule has 0 unspecified atom stereocenters. The number of likely N-dealkylation sites (N-methyl/N-ethyl adjacent to an activating group) is 1. The molecule has 2 aromatic rings. The summed E-state index contributed by atoms with van der Waals surface area (Å²) >= 11 is 1.67. The Kier molecular flexibility index (Phi) is 6.16. The van der Waals surface area contributed by atoms with Gasteiger partial charge in [-0.15, -0.1) is 11.3 Å². The van der Waals surface area contributed by atoms with E-state index in [2.05, 4.69) is 42.6 Å². The Hall–Kier alpha value is -1.65. The third-order valence-corrected chi connectivity index (χ3v) is 4.70. The van der Waals surface area contributed by atoms with Gasteiger partial charge in [0.2, 0.25) is 5.91 Å². The van der Waals surface area contributed by atoms with Crippen LogP contribution in [0.2, 0.25) is 0 Å². The summed E-state index contributed by atoms with van der Waals surface area (Å²) in [6, 6.07) is 12.7. The average Bonchev–Trinajstić information content (AvgIpc) is 3.02. The fourth-order valence-corrected chi connectivity index (χ4v) is 3.12. The van der Waals surface area contributed by atoms with Crippen LogP contribution in [0, 0.1) is 0 Å². The van der Waals surface area contributed by atoms with E-state index < -0.39 is 0 Å². The van der Waals surface area contributed by atoms with Crippen LogP contribution in [0.1, 0.15) is 35.9 Å². The van der Waals surface area contributed by atoms with Crippen molar-refractivity contribution >= 4 is 17.2 Å². The Morgan fingerprint density at radius 3 is 2.50 bits per heavy atom. The van der Waals surface area contributed by atoms with E-state index in [1.165, 1.54) is 16.0 Å². The van der Waals surface area contributed by atoms with Crippen molar-refractivity contribution in [3.8, 4) is 0 Å². The topological polar surface area (TPSA) is 32.3 Å². The molecule has 0 spiro atoms. The van der Waals surface area contributed by atoms with E-state index in [4.69, 9.17) is 0 Å². The minimum atomic E-state index is 0.0635. The van der Waals surface area contributed by atoms with Crippen molar-refractivity contribution in [2.75, 3.05) is 13.6 Å². The summed E-state index contributed by atoms with van der Waals surface area (Å²) in [6.45, 7) is 5.36. The van der Waals surface area contributed by atoms with Crippen molar-refractivity contribution in [1.29, 1.82) is 0 Å². The molecule has 0 aliphatic rings. The molecule has 1 atom stereocenters. The molecule has 0 radical (unpaired) electrons. The Labute approximate surface area is 137 Å². The zero-order chi connectivity index (χ0) is 15.9. The highest BCUT2D eigenvalue weighted by atomic mass is 32.1. The first kappa shape index (κ1) is 16.7. The van der Waals surface area contributed by atoms with Crippen molar-refractivity contribution in [2.45, 2.75) is 32.9 Å². The van der Waals surface area contributed by atoms with Crippen LogP contribution in [0.5, 0.6) is 0 Å². The van der Waals surface area contributed by atoms with E-state index in [1.807, 2.05) is 30.3 Å². The molecule has 1 amide bonds. The third kappa shape index (κ3) is 4.97. The van der Waals surface area contributed by atoms with Crippen LogP contribution in [-0.4, -0.2) is 24.4 Å². The van der Waals surface area contributed by atoms with Crippen LogP contribution in [0.3, 0.4) is 0 Å². The maximum atomic E-state index is 12.1. The molecular formula is C18H24N2OS. The minimum absolute atomic E-state index is 0.0635. The summed E-state index contributed by atoms with van der Waals surface area (Å²) < 4.78 is 0. The van der Waals surface area contributed by atoms with Gasteiger partial charge in [-0.05, 0) is 43.0 Å². The number of nitrogens with one attached hydrogen (secondary N) is 1. The van der Waals surface area contributed by atoms with E-state index in [1.54, 1.807) is 11.3 Å². The van der Waals surface area contributed by atoms with Crippen molar-refractivity contribution < 1.29 is 4.79 Å². The molecule has 0 saturated carbocycles. The lowest BCUT2D eigenvalue weighted by Gasteiger charge is -2.18. The van der Waals surface area contributed by atoms with Gasteiger partial charge in [-0.1, -0.05) is 37.3 Å². The summed E-state index contributed by atoms with van der Waals surface area (Å²) in [5.74, 6) is 0.0635. The standard InChI is InChI=1S/C18H24N2OS/c1-4-15-7-9-16(10-8-15)12-20(3)13-18(21)19-14(2)17-6-5-11-22-17/h5-11,14H,4,12-13H2,1-3H3,(H,19,21)/t14-/m1/s1. The molecule has 118 valence electrons. The zero-order valence-electron chi connectivity index (χ0n) is 13.5. The Morgan fingerprint density at radius 1 is 1.23 bits per heavy atom. The van der Waals surface area contributed by atoms with Crippen LogP contribution in [0.25, 0.3) is 0 Å². The molecule has 22 heavy (non-hydrogen) atoms. The van der Waals surface area contributed by atoms with E-state index in [9.17, 15) is 4.79 Å². The molecular weight excluding hydrogens is 292 g/mol. The van der Waals surface area contributed by atoms with Gasteiger partial charge in [-0.3, -0.25) is 9.69 Å². The number of carbonyl (C=O) groups excluding carboxylic acids is 1. The van der Waals surface area contributed by atoms with Gasteiger partial charge in [0.1, 0.15) is 0 Å². The van der Waals surface area contributed by atoms with Crippen molar-refractivity contribution in [3.63, 3.8) is 0 Å². The van der Waals surface area contributed by atoms with Crippen LogP contribution in [-0.2, 0) is 17.8 Å². The quantitative estimate of drug-likeness (QED) is 0.846. The second kappa shape index (κ2) is 8.11. The second-order valence-corrected chi connectivity index (χ2v) is 6.63. The van der Waals surface area contributed by atoms with Gasteiger partial charge < -0.3 is 5.32 Å². The summed E-state index contributed by atoms with van der Waals surface area (Å²) in [5.41, 5.74) is 2.58. The number of aryl methyl sites for hydroxylation is 1. The molecule has 1 aromatic heterocycles. The third-order valence-electron chi connectivity index (χ3n) is 3.64. The van der Waals surface area contributed by atoms with Gasteiger partial charge in [0.15, 0.2) is 0 Å². The predicted octanol–water partition coefficient (Wildman–Crippen LogP) is 3.62. The molecule has 4 heteroatoms. The molecule has 0 bridgehead atoms. The van der Waals surface area contributed by atoms with Gasteiger partial charge in [0, 0.05) is 11.4 Å². The molecule has 2 rings (SSSR count). The molecule has 0 saturated heterocycles. The van der Waals surface area contributed by atoms with E-state index in [0.717, 1.165) is 13.0 Å². The molecule has 0 fully saturated rings. The van der Waals surface area contributed by atoms with E-state index in [-0.39, 0.29) is 11.9 Å². The van der Waals surface area contributed by atoms with E-state index >= 15 is 0 Å². The molecule has 0 aliphatic heterocycles. The molecule has 3 nitrogen and oxygen atoms in total. The zero-order valence-corrected chi connectivity index (χ0v) is 14.3. The van der Waals surface area contributed by atoms with Crippen LogP contribution >= 0.6 is 11.3 Å². The van der Waals surface area contributed by atoms with Crippen molar-refractivity contribution in [2.24, 2.45) is 0 Å². The summed E-state index contributed by atoms with van der Waals surface area (Å²) in [5, 5.41) is 5.08. The number of nitrogens with zero attached hydrogens (tertiary/aromatic N) is 1. The van der Waals surface area contributed by atoms with Gasteiger partial charge in [0.25, 0.3) is 0 Å². The number of benzene rings is 1. The number of thiophene rings is 1. The Balaban J connectivity index is 1.80. The first-order chi connectivity index (χ1) is 10.6. The highest BCUT2D eigenvalue weighted by molar-refractivity contribution is 7.10. The lowest BCUT2D eigenvalue weighted by atomic mass is 10.1. The predicted molar refractivity (Wildman–Crippen MR) is 93.0 cm³/mol. The average molecular weight is 316 g/mol. The Morgan fingerprint density at radius 2 is 1.91 bits per heavy atom. The number of carbonyl (C=O) groups is 1.